The molecule has 0 heterocycles. The van der Waals surface area contributed by atoms with Crippen LogP contribution >= 0.6 is 0 Å². The topological polar surface area (TPSA) is 50.4 Å². The van der Waals surface area contributed by atoms with E-state index >= 15 is 0 Å². The van der Waals surface area contributed by atoms with Gasteiger partial charge in [-0.05, 0) is 31.2 Å². The maximum absolute atomic E-state index is 13.3. The lowest BCUT2D eigenvalue weighted by atomic mass is 10.2. The lowest BCUT2D eigenvalue weighted by molar-refractivity contribution is -0.123. The molecule has 106 valence electrons. The van der Waals surface area contributed by atoms with Crippen LogP contribution in [0, 0.1) is 5.82 Å². The number of hydrogen-bond donors (Lipinski definition) is 2. The molecule has 1 rings (SSSR count). The lowest BCUT2D eigenvalue weighted by Gasteiger charge is -2.09. The van der Waals surface area contributed by atoms with Crippen molar-refractivity contribution in [2.24, 2.45) is 0 Å². The zero-order valence-corrected chi connectivity index (χ0v) is 11.5. The van der Waals surface area contributed by atoms with Crippen molar-refractivity contribution >= 4 is 5.91 Å². The first-order valence-corrected chi connectivity index (χ1v) is 6.49. The van der Waals surface area contributed by atoms with Crippen molar-refractivity contribution < 1.29 is 13.9 Å². The predicted octanol–water partition coefficient (Wildman–Crippen LogP) is 1.84. The molecule has 0 radical (unpaired) electrons. The molecule has 0 aromatic heterocycles. The fraction of sp³-hybridized carbons (Fsp3) is 0.500. The number of benzene rings is 1. The molecule has 0 atom stereocenters. The number of hydrogen-bond acceptors (Lipinski definition) is 3. The summed E-state index contributed by atoms with van der Waals surface area (Å²) in [7, 11) is 1.78. The van der Waals surface area contributed by atoms with Gasteiger partial charge in [-0.1, -0.05) is 13.3 Å². The third kappa shape index (κ3) is 6.20. The first kappa shape index (κ1) is 15.4. The summed E-state index contributed by atoms with van der Waals surface area (Å²) < 4.78 is 18.6. The number of halogens is 1. The summed E-state index contributed by atoms with van der Waals surface area (Å²) >= 11 is 0. The molecule has 5 heteroatoms. The predicted molar refractivity (Wildman–Crippen MR) is 72.6 cm³/mol. The highest BCUT2D eigenvalue weighted by atomic mass is 19.1. The Morgan fingerprint density at radius 2 is 2.16 bits per heavy atom. The molecule has 19 heavy (non-hydrogen) atoms. The van der Waals surface area contributed by atoms with Crippen LogP contribution in [0.5, 0.6) is 5.75 Å². The number of carbonyl (C=O) groups excluding carboxylic acids is 1. The number of unbranched alkanes of at least 4 members (excludes halogenated alkanes) is 1. The highest BCUT2D eigenvalue weighted by Gasteiger charge is 2.05. The van der Waals surface area contributed by atoms with Crippen molar-refractivity contribution in [1.29, 1.82) is 0 Å². The van der Waals surface area contributed by atoms with E-state index in [2.05, 4.69) is 17.6 Å². The molecule has 0 aliphatic carbocycles. The van der Waals surface area contributed by atoms with E-state index in [9.17, 15) is 9.18 Å². The number of amides is 1. The van der Waals surface area contributed by atoms with Gasteiger partial charge < -0.3 is 15.4 Å². The molecule has 2 N–H and O–H groups in total. The quantitative estimate of drug-likeness (QED) is 0.707. The molecule has 1 aromatic carbocycles. The molecule has 0 aliphatic rings. The van der Waals surface area contributed by atoms with Crippen molar-refractivity contribution in [3.05, 3.63) is 29.6 Å². The average Bonchev–Trinajstić information content (AvgIpc) is 2.36. The van der Waals surface area contributed by atoms with Gasteiger partial charge in [-0.15, -0.1) is 0 Å². The van der Waals surface area contributed by atoms with E-state index in [1.807, 2.05) is 0 Å². The van der Waals surface area contributed by atoms with Crippen LogP contribution in [0.1, 0.15) is 25.3 Å². The van der Waals surface area contributed by atoms with Crippen molar-refractivity contribution in [3.8, 4) is 5.75 Å². The minimum absolute atomic E-state index is 0.0911. The van der Waals surface area contributed by atoms with Gasteiger partial charge in [0.05, 0.1) is 0 Å². The summed E-state index contributed by atoms with van der Waals surface area (Å²) in [5.41, 5.74) is 0.781. The Bertz CT molecular complexity index is 410. The van der Waals surface area contributed by atoms with Crippen LogP contribution in [0.25, 0.3) is 0 Å². The third-order valence-electron chi connectivity index (χ3n) is 2.53. The van der Waals surface area contributed by atoms with Gasteiger partial charge in [-0.2, -0.15) is 0 Å². The zero-order valence-electron chi connectivity index (χ0n) is 11.5. The van der Waals surface area contributed by atoms with E-state index < -0.39 is 0 Å². The van der Waals surface area contributed by atoms with Crippen LogP contribution in [0.2, 0.25) is 0 Å². The third-order valence-corrected chi connectivity index (χ3v) is 2.53. The number of rotatable bonds is 8. The van der Waals surface area contributed by atoms with E-state index in [1.54, 1.807) is 13.1 Å². The Hall–Kier alpha value is -1.62. The van der Waals surface area contributed by atoms with E-state index in [0.717, 1.165) is 18.4 Å². The summed E-state index contributed by atoms with van der Waals surface area (Å²) in [4.78, 5) is 11.4. The van der Waals surface area contributed by atoms with Gasteiger partial charge in [-0.3, -0.25) is 4.79 Å². The second kappa shape index (κ2) is 8.48. The SMILES string of the molecule is CCCCNC(=O)COc1cc(F)cc(CNC)c1. The average molecular weight is 268 g/mol. The first-order chi connectivity index (χ1) is 9.15. The van der Waals surface area contributed by atoms with E-state index in [1.165, 1.54) is 12.1 Å². The molecule has 1 amide bonds. The molecular formula is C14H21FN2O2. The molecule has 0 fully saturated rings. The Kier molecular flexibility index (Phi) is 6.89. The van der Waals surface area contributed by atoms with Gasteiger partial charge >= 0.3 is 0 Å². The Labute approximate surface area is 113 Å². The Balaban J connectivity index is 2.45. The van der Waals surface area contributed by atoms with Crippen LogP contribution < -0.4 is 15.4 Å². The van der Waals surface area contributed by atoms with Gasteiger partial charge in [0.2, 0.25) is 0 Å². The van der Waals surface area contributed by atoms with Gasteiger partial charge in [0, 0.05) is 19.2 Å². The van der Waals surface area contributed by atoms with Crippen molar-refractivity contribution in [2.75, 3.05) is 20.2 Å². The van der Waals surface area contributed by atoms with Gasteiger partial charge in [0.15, 0.2) is 6.61 Å². The van der Waals surface area contributed by atoms with Gasteiger partial charge in [0.1, 0.15) is 11.6 Å². The number of nitrogens with one attached hydrogen (secondary N) is 2. The largest absolute Gasteiger partial charge is 0.484 e. The molecule has 0 bridgehead atoms. The molecular weight excluding hydrogens is 247 g/mol. The van der Waals surface area contributed by atoms with Crippen molar-refractivity contribution in [3.63, 3.8) is 0 Å². The second-order valence-electron chi connectivity index (χ2n) is 4.32. The zero-order chi connectivity index (χ0) is 14.1. The molecule has 0 spiro atoms. The molecule has 0 aliphatic heterocycles. The summed E-state index contributed by atoms with van der Waals surface area (Å²) in [6.45, 7) is 3.16. The van der Waals surface area contributed by atoms with Crippen LogP contribution in [0.3, 0.4) is 0 Å². The number of ether oxygens (including phenoxy) is 1. The molecule has 0 saturated heterocycles. The van der Waals surface area contributed by atoms with Crippen molar-refractivity contribution in [1.82, 2.24) is 10.6 Å². The minimum atomic E-state index is -0.367. The smallest absolute Gasteiger partial charge is 0.257 e. The molecule has 0 saturated carbocycles. The summed E-state index contributed by atoms with van der Waals surface area (Å²) in [5.74, 6) is -0.182. The minimum Gasteiger partial charge on any atom is -0.484 e. The number of carbonyl (C=O) groups is 1. The highest BCUT2D eigenvalue weighted by Crippen LogP contribution is 2.16. The molecule has 4 nitrogen and oxygen atoms in total. The van der Waals surface area contributed by atoms with Crippen molar-refractivity contribution in [2.45, 2.75) is 26.3 Å². The normalized spacial score (nSPS) is 10.3. The molecule has 0 unspecified atom stereocenters. The summed E-state index contributed by atoms with van der Waals surface area (Å²) in [6, 6.07) is 4.43. The summed E-state index contributed by atoms with van der Waals surface area (Å²) in [5, 5.41) is 5.67. The fourth-order valence-corrected chi connectivity index (χ4v) is 1.61. The monoisotopic (exact) mass is 268 g/mol. The fourth-order valence-electron chi connectivity index (χ4n) is 1.61. The lowest BCUT2D eigenvalue weighted by Crippen LogP contribution is -2.29. The standard InChI is InChI=1S/C14H21FN2O2/c1-3-4-5-17-14(18)10-19-13-7-11(9-16-2)6-12(15)8-13/h6-8,16H,3-5,9-10H2,1-2H3,(H,17,18). The van der Waals surface area contributed by atoms with Crippen LogP contribution in [0.15, 0.2) is 18.2 Å². The van der Waals surface area contributed by atoms with E-state index in [-0.39, 0.29) is 18.3 Å². The second-order valence-corrected chi connectivity index (χ2v) is 4.32. The van der Waals surface area contributed by atoms with Crippen LogP contribution in [-0.2, 0) is 11.3 Å². The first-order valence-electron chi connectivity index (χ1n) is 6.49. The van der Waals surface area contributed by atoms with Crippen LogP contribution in [-0.4, -0.2) is 26.1 Å². The van der Waals surface area contributed by atoms with E-state index in [4.69, 9.17) is 4.74 Å². The molecule has 1 aromatic rings. The maximum Gasteiger partial charge on any atom is 0.257 e. The van der Waals surface area contributed by atoms with Gasteiger partial charge in [0.25, 0.3) is 5.91 Å². The van der Waals surface area contributed by atoms with E-state index in [0.29, 0.717) is 18.8 Å². The Morgan fingerprint density at radius 1 is 1.37 bits per heavy atom. The summed E-state index contributed by atoms with van der Waals surface area (Å²) in [6.07, 6.45) is 1.97. The Morgan fingerprint density at radius 3 is 2.84 bits per heavy atom. The highest BCUT2D eigenvalue weighted by molar-refractivity contribution is 5.77. The van der Waals surface area contributed by atoms with Crippen LogP contribution in [0.4, 0.5) is 4.39 Å². The van der Waals surface area contributed by atoms with Gasteiger partial charge in [-0.25, -0.2) is 4.39 Å². The maximum atomic E-state index is 13.3.